The lowest BCUT2D eigenvalue weighted by Gasteiger charge is -2.18. The number of thiazole rings is 1. The van der Waals surface area contributed by atoms with Crippen LogP contribution in [-0.2, 0) is 11.2 Å². The van der Waals surface area contributed by atoms with E-state index in [4.69, 9.17) is 0 Å². The highest BCUT2D eigenvalue weighted by Gasteiger charge is 2.28. The average Bonchev–Trinajstić information content (AvgIpc) is 3.23. The number of nitrogens with one attached hydrogen (secondary N) is 2. The number of hydrogen-bond donors (Lipinski definition) is 3. The highest BCUT2D eigenvalue weighted by Crippen LogP contribution is 2.29. The Balaban J connectivity index is 0.00000225. The van der Waals surface area contributed by atoms with Gasteiger partial charge in [-0.25, -0.2) is 4.98 Å². The van der Waals surface area contributed by atoms with Gasteiger partial charge in [-0.05, 0) is 30.9 Å². The Morgan fingerprint density at radius 3 is 2.76 bits per heavy atom. The Labute approximate surface area is 158 Å². The fourth-order valence-electron chi connectivity index (χ4n) is 2.99. The maximum absolute atomic E-state index is 12.2. The number of nitrogens with zero attached hydrogens (tertiary/aromatic N) is 1. The minimum atomic E-state index is -0.428. The van der Waals surface area contributed by atoms with E-state index in [1.54, 1.807) is 11.3 Å². The zero-order valence-corrected chi connectivity index (χ0v) is 16.0. The number of hydrogen-bond acceptors (Lipinski definition) is 5. The largest absolute Gasteiger partial charge is 0.392 e. The number of aliphatic hydroxyl groups is 1. The van der Waals surface area contributed by atoms with E-state index in [-0.39, 0.29) is 30.4 Å². The number of benzene rings is 1. The van der Waals surface area contributed by atoms with Gasteiger partial charge >= 0.3 is 0 Å². The molecule has 0 aliphatic carbocycles. The van der Waals surface area contributed by atoms with E-state index < -0.39 is 6.10 Å². The SMILES string of the molecule is CCc1ncsc1-c1ccc(C(C)NC(=O)[C@@H]2C[C@@H](O)CN2)cc1.Cl. The Kier molecular flexibility index (Phi) is 6.95. The fourth-order valence-corrected chi connectivity index (χ4v) is 3.88. The number of aliphatic hydroxyl groups excluding tert-OH is 1. The van der Waals surface area contributed by atoms with E-state index in [0.717, 1.165) is 23.2 Å². The van der Waals surface area contributed by atoms with Crippen LogP contribution in [0.3, 0.4) is 0 Å². The van der Waals surface area contributed by atoms with Gasteiger partial charge in [0.15, 0.2) is 0 Å². The van der Waals surface area contributed by atoms with Crippen molar-refractivity contribution in [1.82, 2.24) is 15.6 Å². The van der Waals surface area contributed by atoms with Gasteiger partial charge in [0.1, 0.15) is 0 Å². The van der Waals surface area contributed by atoms with Crippen LogP contribution in [0, 0.1) is 0 Å². The van der Waals surface area contributed by atoms with Crippen molar-refractivity contribution < 1.29 is 9.90 Å². The molecule has 0 radical (unpaired) electrons. The predicted octanol–water partition coefficient (Wildman–Crippen LogP) is 2.69. The Morgan fingerprint density at radius 1 is 1.44 bits per heavy atom. The van der Waals surface area contributed by atoms with Crippen LogP contribution < -0.4 is 10.6 Å². The molecule has 3 N–H and O–H groups in total. The van der Waals surface area contributed by atoms with Crippen molar-refractivity contribution in [2.45, 2.75) is 44.9 Å². The summed E-state index contributed by atoms with van der Waals surface area (Å²) in [6.45, 7) is 4.57. The van der Waals surface area contributed by atoms with Crippen molar-refractivity contribution in [2.24, 2.45) is 0 Å². The van der Waals surface area contributed by atoms with E-state index in [2.05, 4.69) is 46.8 Å². The van der Waals surface area contributed by atoms with Crippen LogP contribution in [0.15, 0.2) is 29.8 Å². The highest BCUT2D eigenvalue weighted by atomic mass is 35.5. The van der Waals surface area contributed by atoms with Crippen LogP contribution in [0.4, 0.5) is 0 Å². The molecule has 0 bridgehead atoms. The highest BCUT2D eigenvalue weighted by molar-refractivity contribution is 7.13. The molecule has 7 heteroatoms. The number of carbonyl (C=O) groups is 1. The molecule has 1 aromatic heterocycles. The third-order valence-corrected chi connectivity index (χ3v) is 5.35. The number of amides is 1. The lowest BCUT2D eigenvalue weighted by atomic mass is 10.0. The smallest absolute Gasteiger partial charge is 0.237 e. The van der Waals surface area contributed by atoms with Crippen LogP contribution >= 0.6 is 23.7 Å². The zero-order valence-electron chi connectivity index (χ0n) is 14.4. The normalized spacial score (nSPS) is 20.8. The second kappa shape index (κ2) is 8.76. The summed E-state index contributed by atoms with van der Waals surface area (Å²) in [5.74, 6) is -0.0566. The summed E-state index contributed by atoms with van der Waals surface area (Å²) < 4.78 is 0. The summed E-state index contributed by atoms with van der Waals surface area (Å²) in [5, 5.41) is 15.6. The molecule has 1 amide bonds. The number of aromatic nitrogens is 1. The molecule has 5 nitrogen and oxygen atoms in total. The van der Waals surface area contributed by atoms with Crippen LogP contribution in [0.2, 0.25) is 0 Å². The maximum Gasteiger partial charge on any atom is 0.237 e. The molecule has 2 heterocycles. The molecule has 1 aliphatic heterocycles. The van der Waals surface area contributed by atoms with Crippen LogP contribution in [0.25, 0.3) is 10.4 Å². The summed E-state index contributed by atoms with van der Waals surface area (Å²) in [6.07, 6.45) is 0.971. The number of aryl methyl sites for hydroxylation is 1. The van der Waals surface area contributed by atoms with Crippen molar-refractivity contribution in [3.63, 3.8) is 0 Å². The van der Waals surface area contributed by atoms with Gasteiger partial charge in [-0.15, -0.1) is 23.7 Å². The molecule has 1 saturated heterocycles. The zero-order chi connectivity index (χ0) is 17.1. The molecule has 136 valence electrons. The topological polar surface area (TPSA) is 74.2 Å². The first-order valence-electron chi connectivity index (χ1n) is 8.33. The molecule has 1 aromatic carbocycles. The van der Waals surface area contributed by atoms with Gasteiger partial charge in [0, 0.05) is 6.54 Å². The minimum Gasteiger partial charge on any atom is -0.392 e. The van der Waals surface area contributed by atoms with E-state index in [1.165, 1.54) is 4.88 Å². The van der Waals surface area contributed by atoms with Gasteiger partial charge in [-0.2, -0.15) is 0 Å². The van der Waals surface area contributed by atoms with E-state index in [1.807, 2.05) is 12.4 Å². The van der Waals surface area contributed by atoms with Crippen molar-refractivity contribution in [1.29, 1.82) is 0 Å². The van der Waals surface area contributed by atoms with Crippen LogP contribution in [-0.4, -0.2) is 34.7 Å². The summed E-state index contributed by atoms with van der Waals surface area (Å²) in [6, 6.07) is 7.90. The molecular formula is C18H24ClN3O2S. The summed E-state index contributed by atoms with van der Waals surface area (Å²) in [7, 11) is 0. The van der Waals surface area contributed by atoms with Gasteiger partial charge in [-0.1, -0.05) is 31.2 Å². The molecule has 1 unspecified atom stereocenters. The minimum absolute atomic E-state index is 0. The predicted molar refractivity (Wildman–Crippen MR) is 103 cm³/mol. The summed E-state index contributed by atoms with van der Waals surface area (Å²) in [4.78, 5) is 17.8. The first-order valence-corrected chi connectivity index (χ1v) is 9.21. The molecule has 25 heavy (non-hydrogen) atoms. The van der Waals surface area contributed by atoms with Gasteiger partial charge in [0.2, 0.25) is 5.91 Å². The monoisotopic (exact) mass is 381 g/mol. The van der Waals surface area contributed by atoms with E-state index in [0.29, 0.717) is 13.0 Å². The maximum atomic E-state index is 12.2. The molecule has 0 spiro atoms. The van der Waals surface area contributed by atoms with Gasteiger partial charge in [-0.3, -0.25) is 4.79 Å². The molecular weight excluding hydrogens is 358 g/mol. The van der Waals surface area contributed by atoms with E-state index >= 15 is 0 Å². The van der Waals surface area contributed by atoms with Crippen molar-refractivity contribution in [3.8, 4) is 10.4 Å². The quantitative estimate of drug-likeness (QED) is 0.744. The second-order valence-electron chi connectivity index (χ2n) is 6.18. The molecule has 2 aromatic rings. The Morgan fingerprint density at radius 2 is 2.16 bits per heavy atom. The molecule has 3 rings (SSSR count). The Bertz CT molecular complexity index is 705. The lowest BCUT2D eigenvalue weighted by Crippen LogP contribution is -2.41. The van der Waals surface area contributed by atoms with Gasteiger partial charge in [0.05, 0.1) is 34.3 Å². The fraction of sp³-hybridized carbons (Fsp3) is 0.444. The molecule has 1 aliphatic rings. The number of halogens is 1. The average molecular weight is 382 g/mol. The van der Waals surface area contributed by atoms with E-state index in [9.17, 15) is 9.90 Å². The van der Waals surface area contributed by atoms with Crippen LogP contribution in [0.5, 0.6) is 0 Å². The molecule has 1 fully saturated rings. The third-order valence-electron chi connectivity index (χ3n) is 4.43. The number of rotatable bonds is 5. The number of β-amino-alcohol motifs (C(OH)–C–C–N with tert-alkyl or cyclic N) is 1. The van der Waals surface area contributed by atoms with Crippen molar-refractivity contribution in [3.05, 3.63) is 41.0 Å². The first-order chi connectivity index (χ1) is 11.6. The van der Waals surface area contributed by atoms with Gasteiger partial charge < -0.3 is 15.7 Å². The van der Waals surface area contributed by atoms with Gasteiger partial charge in [0.25, 0.3) is 0 Å². The number of carbonyl (C=O) groups excluding carboxylic acids is 1. The summed E-state index contributed by atoms with van der Waals surface area (Å²) in [5.41, 5.74) is 5.24. The Hall–Kier alpha value is -1.47. The third kappa shape index (κ3) is 4.58. The lowest BCUT2D eigenvalue weighted by molar-refractivity contribution is -0.123. The molecule has 3 atom stereocenters. The van der Waals surface area contributed by atoms with Crippen molar-refractivity contribution in [2.75, 3.05) is 6.54 Å². The second-order valence-corrected chi connectivity index (χ2v) is 7.04. The molecule has 0 saturated carbocycles. The van der Waals surface area contributed by atoms with Crippen LogP contribution in [0.1, 0.15) is 37.6 Å². The first kappa shape index (κ1) is 19.8. The standard InChI is InChI=1S/C18H23N3O2S.ClH/c1-3-15-17(24-10-20-15)13-6-4-12(5-7-13)11(2)21-18(23)16-8-14(22)9-19-16;/h4-7,10-11,14,16,19,22H,3,8-9H2,1-2H3,(H,21,23);1H/t11?,14-,16+;/m1./s1. The van der Waals surface area contributed by atoms with Crippen molar-refractivity contribution >= 4 is 29.7 Å². The summed E-state index contributed by atoms with van der Waals surface area (Å²) >= 11 is 1.66.